The van der Waals surface area contributed by atoms with E-state index in [4.69, 9.17) is 6.11 Å². The molecule has 0 saturated heterocycles. The number of allylic oxidation sites excluding steroid dienone is 4. The summed E-state index contributed by atoms with van der Waals surface area (Å²) in [6.45, 7) is 4.23. The van der Waals surface area contributed by atoms with Gasteiger partial charge in [0.2, 0.25) is 0 Å². The van der Waals surface area contributed by atoms with Gasteiger partial charge in [-0.3, -0.25) is 9.59 Å². The van der Waals surface area contributed by atoms with E-state index < -0.39 is 59.2 Å². The Hall–Kier alpha value is -1.79. The zero-order chi connectivity index (χ0) is 23.5. The number of Topliss-reactive ketones (excluding diaryl/α,β-unsaturated/α-hetero) is 1. The lowest BCUT2D eigenvalue weighted by Gasteiger charge is -2.59. The van der Waals surface area contributed by atoms with E-state index in [-0.39, 0.29) is 17.6 Å². The number of ketones is 2. The average Bonchev–Trinajstić information content (AvgIpc) is 3.17. The van der Waals surface area contributed by atoms with Gasteiger partial charge in [-0.15, -0.1) is 0 Å². The van der Waals surface area contributed by atoms with Crippen LogP contribution in [-0.2, 0) is 14.3 Å². The van der Waals surface area contributed by atoms with Crippen LogP contribution in [0.25, 0.3) is 0 Å². The number of carbonyl (C=O) groups is 2. The summed E-state index contributed by atoms with van der Waals surface area (Å²) in [4.78, 5) is 29.7. The molecule has 2 N–H and O–H groups in total. The summed E-state index contributed by atoms with van der Waals surface area (Å²) < 4.78 is 33.3. The largest absolute Gasteiger partial charge is 0.475 e. The van der Waals surface area contributed by atoms with Crippen LogP contribution in [-0.4, -0.2) is 52.0 Å². The highest BCUT2D eigenvalue weighted by atomic mass is 16.5. The standard InChI is InChI=1S/C23H29NO5/c1-12-24-23(18(28)11-25)19(29-12)9-16-15-5-4-13-8-14(26)6-7-21(13,2)20(15)17(27)10-22(16,23)3/h6-8,15-17,19-20,25,27H,4-5,9-11H2,1-3H3/t15-,16-,17?,19+,20+,21-,22-,23+/m0/s1/i10D2,17D. The number of carbonyl (C=O) groups excluding carboxylic acids is 2. The highest BCUT2D eigenvalue weighted by Crippen LogP contribution is 2.69. The van der Waals surface area contributed by atoms with Crippen LogP contribution in [0.2, 0.25) is 0 Å². The smallest absolute Gasteiger partial charge is 0.190 e. The van der Waals surface area contributed by atoms with Gasteiger partial charge in [0.15, 0.2) is 23.0 Å². The topological polar surface area (TPSA) is 96.2 Å². The summed E-state index contributed by atoms with van der Waals surface area (Å²) in [6, 6.07) is 0. The zero-order valence-corrected chi connectivity index (χ0v) is 16.9. The molecular formula is C23H29NO5. The molecule has 0 aromatic rings. The van der Waals surface area contributed by atoms with Crippen molar-refractivity contribution in [2.45, 2.75) is 64.1 Å². The number of aliphatic imine (C=N–C) groups is 1. The minimum atomic E-state index is -2.58. The second kappa shape index (κ2) is 5.88. The maximum Gasteiger partial charge on any atom is 0.190 e. The average molecular weight is 403 g/mol. The van der Waals surface area contributed by atoms with Gasteiger partial charge in [-0.2, -0.15) is 0 Å². The van der Waals surface area contributed by atoms with Crippen LogP contribution in [0.3, 0.4) is 0 Å². The number of rotatable bonds is 2. The molecule has 5 aliphatic rings. The van der Waals surface area contributed by atoms with Crippen LogP contribution in [0.4, 0.5) is 0 Å². The second-order valence-corrected chi connectivity index (χ2v) is 9.51. The Morgan fingerprint density at radius 2 is 2.24 bits per heavy atom. The molecule has 3 saturated carbocycles. The van der Waals surface area contributed by atoms with Gasteiger partial charge in [-0.25, -0.2) is 4.99 Å². The summed E-state index contributed by atoms with van der Waals surface area (Å²) >= 11 is 0. The summed E-state index contributed by atoms with van der Waals surface area (Å²) in [5, 5.41) is 21.5. The first-order valence-corrected chi connectivity index (χ1v) is 10.3. The molecule has 0 bridgehead atoms. The Labute approximate surface area is 174 Å². The Morgan fingerprint density at radius 3 is 2.97 bits per heavy atom. The summed E-state index contributed by atoms with van der Waals surface area (Å²) in [5.41, 5.74) is -3.31. The fourth-order valence-corrected chi connectivity index (χ4v) is 7.08. The normalized spacial score (nSPS) is 55.8. The van der Waals surface area contributed by atoms with Crippen molar-refractivity contribution in [3.8, 4) is 0 Å². The summed E-state index contributed by atoms with van der Waals surface area (Å²) in [7, 11) is 0. The molecular weight excluding hydrogens is 370 g/mol. The molecule has 0 spiro atoms. The van der Waals surface area contributed by atoms with Crippen molar-refractivity contribution in [1.82, 2.24) is 0 Å². The zero-order valence-electron chi connectivity index (χ0n) is 19.9. The van der Waals surface area contributed by atoms with Crippen LogP contribution in [0, 0.1) is 28.6 Å². The number of fused-ring (bicyclic) bond motifs is 7. The molecule has 0 radical (unpaired) electrons. The Balaban J connectivity index is 1.75. The van der Waals surface area contributed by atoms with Crippen molar-refractivity contribution in [3.05, 3.63) is 23.8 Å². The van der Waals surface area contributed by atoms with Gasteiger partial charge in [0.05, 0.1) is 7.45 Å². The molecule has 0 amide bonds. The fourth-order valence-electron chi connectivity index (χ4n) is 7.08. The van der Waals surface area contributed by atoms with Gasteiger partial charge in [0.1, 0.15) is 12.7 Å². The van der Waals surface area contributed by atoms with Crippen LogP contribution < -0.4 is 0 Å². The van der Waals surface area contributed by atoms with Gasteiger partial charge in [-0.1, -0.05) is 25.5 Å². The number of ether oxygens (including phenoxy) is 1. The molecule has 4 aliphatic carbocycles. The van der Waals surface area contributed by atoms with Crippen molar-refractivity contribution in [1.29, 1.82) is 0 Å². The van der Waals surface area contributed by atoms with E-state index >= 15 is 0 Å². The fraction of sp³-hybridized carbons (Fsp3) is 0.696. The number of aliphatic hydroxyl groups is 2. The Bertz CT molecular complexity index is 1020. The van der Waals surface area contributed by atoms with Crippen LogP contribution in [0.15, 0.2) is 28.8 Å². The number of aliphatic hydroxyl groups excluding tert-OH is 1. The molecule has 156 valence electrons. The molecule has 5 rings (SSSR count). The predicted molar refractivity (Wildman–Crippen MR) is 106 cm³/mol. The molecule has 8 atom stereocenters. The third kappa shape index (κ3) is 2.17. The van der Waals surface area contributed by atoms with Gasteiger partial charge >= 0.3 is 0 Å². The molecule has 1 heterocycles. The maximum absolute atomic E-state index is 13.2. The number of hydrogen-bond donors (Lipinski definition) is 2. The number of hydrogen-bond acceptors (Lipinski definition) is 6. The lowest BCUT2D eigenvalue weighted by Crippen LogP contribution is -2.62. The van der Waals surface area contributed by atoms with Crippen LogP contribution in [0.5, 0.6) is 0 Å². The lowest BCUT2D eigenvalue weighted by molar-refractivity contribution is -0.146. The van der Waals surface area contributed by atoms with Crippen molar-refractivity contribution in [2.24, 2.45) is 33.6 Å². The van der Waals surface area contributed by atoms with E-state index in [9.17, 15) is 22.5 Å². The van der Waals surface area contributed by atoms with E-state index in [1.165, 1.54) is 6.08 Å². The molecule has 1 aliphatic heterocycles. The van der Waals surface area contributed by atoms with E-state index in [1.54, 1.807) is 26.0 Å². The Kier molecular flexibility index (Phi) is 3.24. The van der Waals surface area contributed by atoms with E-state index in [0.717, 1.165) is 5.57 Å². The third-order valence-corrected chi connectivity index (χ3v) is 8.31. The third-order valence-electron chi connectivity index (χ3n) is 8.31. The van der Waals surface area contributed by atoms with Crippen LogP contribution in [0.1, 0.15) is 50.5 Å². The number of nitrogens with zero attached hydrogens (tertiary/aromatic N) is 1. The van der Waals surface area contributed by atoms with Crippen molar-refractivity contribution < 1.29 is 28.7 Å². The van der Waals surface area contributed by atoms with Gasteiger partial charge in [0.25, 0.3) is 0 Å². The molecule has 3 fully saturated rings. The van der Waals surface area contributed by atoms with Gasteiger partial charge in [0, 0.05) is 26.4 Å². The van der Waals surface area contributed by atoms with E-state index in [1.807, 2.05) is 6.92 Å². The van der Waals surface area contributed by atoms with E-state index in [0.29, 0.717) is 19.3 Å². The van der Waals surface area contributed by atoms with Gasteiger partial charge < -0.3 is 14.9 Å². The molecule has 0 aromatic heterocycles. The molecule has 29 heavy (non-hydrogen) atoms. The van der Waals surface area contributed by atoms with Crippen molar-refractivity contribution >= 4 is 17.5 Å². The maximum atomic E-state index is 13.2. The molecule has 6 heteroatoms. The minimum Gasteiger partial charge on any atom is -0.475 e. The lowest BCUT2D eigenvalue weighted by atomic mass is 9.46. The first-order chi connectivity index (χ1) is 14.8. The van der Waals surface area contributed by atoms with Crippen LogP contribution >= 0.6 is 0 Å². The second-order valence-electron chi connectivity index (χ2n) is 9.51. The van der Waals surface area contributed by atoms with Gasteiger partial charge in [-0.05, 0) is 49.6 Å². The van der Waals surface area contributed by atoms with Crippen molar-refractivity contribution in [2.75, 3.05) is 6.61 Å². The minimum absolute atomic E-state index is 0.144. The summed E-state index contributed by atoms with van der Waals surface area (Å²) in [6.07, 6.45) is 0.289. The van der Waals surface area contributed by atoms with Crippen molar-refractivity contribution in [3.63, 3.8) is 0 Å². The highest BCUT2D eigenvalue weighted by Gasteiger charge is 2.74. The quantitative estimate of drug-likeness (QED) is 0.736. The molecule has 1 unspecified atom stereocenters. The Morgan fingerprint density at radius 1 is 1.48 bits per heavy atom. The van der Waals surface area contributed by atoms with E-state index in [2.05, 4.69) is 4.99 Å². The first-order valence-electron chi connectivity index (χ1n) is 11.8. The monoisotopic (exact) mass is 402 g/mol. The SMILES string of the molecule is [2H]C1(O)[C@H]2[C@@H](CCC3=CC(=O)C=C[C@@]32C)[C@@H]2C[C@H]3OC(C)=N[C@@]3(C(=O)CO)[C@@]2(C)C1([2H])[2H]. The molecule has 0 aromatic carbocycles. The highest BCUT2D eigenvalue weighted by molar-refractivity contribution is 6.01. The first kappa shape index (κ1) is 16.0. The predicted octanol–water partition coefficient (Wildman–Crippen LogP) is 1.99. The summed E-state index contributed by atoms with van der Waals surface area (Å²) in [5.74, 6) is -2.06. The molecule has 6 nitrogen and oxygen atoms in total.